The van der Waals surface area contributed by atoms with E-state index in [0.717, 1.165) is 89.4 Å². The molecule has 0 saturated carbocycles. The fourth-order valence-corrected chi connectivity index (χ4v) is 10.2. The number of pyridine rings is 2. The molecule has 0 saturated heterocycles. The minimum Gasteiger partial charge on any atom is -0.457 e. The Bertz CT molecular complexity index is 3670. The second-order valence-corrected chi connectivity index (χ2v) is 15.6. The van der Waals surface area contributed by atoms with Gasteiger partial charge in [0.2, 0.25) is 0 Å². The Morgan fingerprint density at radius 3 is 1.88 bits per heavy atom. The highest BCUT2D eigenvalue weighted by Crippen LogP contribution is 2.62. The molecule has 6 nitrogen and oxygen atoms in total. The Morgan fingerprint density at radius 2 is 1.07 bits per heavy atom. The predicted molar refractivity (Wildman–Crippen MR) is 240 cm³/mol. The van der Waals surface area contributed by atoms with Crippen LogP contribution in [-0.4, -0.2) is 19.1 Å². The topological polar surface area (TPSA) is 49.2 Å². The standard InChI is InChI=1S/C54H31N5O/c1-55-35-23-26-49-41(30-35)39-15-6-9-19-47(39)59(49)37-31-45-53(57-32-37)52-44(17-11-27-56-52)54(45)42-16-7-10-20-50(42)60-51-29-34(21-24-43(51)54)33-22-25-48-40(28-33)38-14-5-8-18-46(38)58(48)36-12-3-2-4-13-36/h2-32H. The van der Waals surface area contributed by atoms with Gasteiger partial charge in [-0.2, -0.15) is 0 Å². The molecule has 0 fully saturated rings. The zero-order chi connectivity index (χ0) is 39.5. The van der Waals surface area contributed by atoms with E-state index in [0.29, 0.717) is 5.69 Å². The zero-order valence-electron chi connectivity index (χ0n) is 32.0. The van der Waals surface area contributed by atoms with Crippen LogP contribution in [0.3, 0.4) is 0 Å². The molecule has 1 aliphatic heterocycles. The summed E-state index contributed by atoms with van der Waals surface area (Å²) in [5.74, 6) is 1.61. The summed E-state index contributed by atoms with van der Waals surface area (Å²) in [5, 5.41) is 4.54. The van der Waals surface area contributed by atoms with Crippen LogP contribution in [0, 0.1) is 6.57 Å². The fraction of sp³-hybridized carbons (Fsp3) is 0.0185. The highest BCUT2D eigenvalue weighted by Gasteiger charge is 2.52. The molecule has 0 bridgehead atoms. The zero-order valence-corrected chi connectivity index (χ0v) is 32.0. The molecule has 1 spiro atoms. The Morgan fingerprint density at radius 1 is 0.450 bits per heavy atom. The highest BCUT2D eigenvalue weighted by molar-refractivity contribution is 6.11. The summed E-state index contributed by atoms with van der Waals surface area (Å²) in [5.41, 5.74) is 14.5. The van der Waals surface area contributed by atoms with Crippen molar-refractivity contribution in [2.75, 3.05) is 0 Å². The van der Waals surface area contributed by atoms with Crippen molar-refractivity contribution in [1.29, 1.82) is 0 Å². The lowest BCUT2D eigenvalue weighted by atomic mass is 9.66. The van der Waals surface area contributed by atoms with Gasteiger partial charge >= 0.3 is 0 Å². The van der Waals surface area contributed by atoms with Gasteiger partial charge in [-0.3, -0.25) is 9.97 Å². The van der Waals surface area contributed by atoms with E-state index < -0.39 is 5.41 Å². The van der Waals surface area contributed by atoms with Gasteiger partial charge in [0.15, 0.2) is 5.69 Å². The maximum Gasteiger partial charge on any atom is 0.188 e. The van der Waals surface area contributed by atoms with Crippen molar-refractivity contribution in [3.05, 3.63) is 222 Å². The van der Waals surface area contributed by atoms with Gasteiger partial charge in [0.05, 0.1) is 57.3 Å². The van der Waals surface area contributed by atoms with Crippen molar-refractivity contribution in [2.24, 2.45) is 0 Å². The molecule has 2 aliphatic rings. The number of rotatable bonds is 3. The smallest absolute Gasteiger partial charge is 0.188 e. The number of nitrogens with zero attached hydrogens (tertiary/aromatic N) is 5. The third kappa shape index (κ3) is 4.30. The summed E-state index contributed by atoms with van der Waals surface area (Å²) in [4.78, 5) is 14.0. The predicted octanol–water partition coefficient (Wildman–Crippen LogP) is 13.4. The third-order valence-corrected chi connectivity index (χ3v) is 12.7. The first kappa shape index (κ1) is 32.8. The normalized spacial score (nSPS) is 14.8. The van der Waals surface area contributed by atoms with Gasteiger partial charge < -0.3 is 13.9 Å². The number of ether oxygens (including phenoxy) is 1. The average Bonchev–Trinajstić information content (AvgIpc) is 3.93. The fourth-order valence-electron chi connectivity index (χ4n) is 10.2. The van der Waals surface area contributed by atoms with E-state index >= 15 is 0 Å². The molecule has 13 rings (SSSR count). The number of hydrogen-bond donors (Lipinski definition) is 0. The third-order valence-electron chi connectivity index (χ3n) is 12.7. The van der Waals surface area contributed by atoms with Gasteiger partial charge in [0.25, 0.3) is 0 Å². The van der Waals surface area contributed by atoms with E-state index in [2.05, 4.69) is 166 Å². The van der Waals surface area contributed by atoms with Crippen molar-refractivity contribution < 1.29 is 4.74 Å². The first-order valence-corrected chi connectivity index (χ1v) is 20.1. The van der Waals surface area contributed by atoms with E-state index in [1.807, 2.05) is 36.7 Å². The molecule has 278 valence electrons. The van der Waals surface area contributed by atoms with Crippen molar-refractivity contribution in [2.45, 2.75) is 5.41 Å². The van der Waals surface area contributed by atoms with Crippen molar-refractivity contribution in [1.82, 2.24) is 19.1 Å². The average molecular weight is 766 g/mol. The molecule has 6 heteroatoms. The number of para-hydroxylation sites is 4. The number of aromatic nitrogens is 4. The van der Waals surface area contributed by atoms with Crippen LogP contribution in [0.2, 0.25) is 0 Å². The van der Waals surface area contributed by atoms with Crippen LogP contribution in [0.15, 0.2) is 188 Å². The second kappa shape index (κ2) is 12.1. The lowest BCUT2D eigenvalue weighted by molar-refractivity contribution is 0.436. The number of fused-ring (bicyclic) bond motifs is 15. The van der Waals surface area contributed by atoms with Gasteiger partial charge in [-0.1, -0.05) is 103 Å². The summed E-state index contributed by atoms with van der Waals surface area (Å²) < 4.78 is 11.6. The Hall–Kier alpha value is -8.27. The van der Waals surface area contributed by atoms with Crippen LogP contribution < -0.4 is 4.74 Å². The van der Waals surface area contributed by atoms with Gasteiger partial charge in [0, 0.05) is 44.7 Å². The monoisotopic (exact) mass is 765 g/mol. The first-order chi connectivity index (χ1) is 29.7. The number of hydrogen-bond acceptors (Lipinski definition) is 3. The van der Waals surface area contributed by atoms with Gasteiger partial charge in [-0.25, -0.2) is 4.85 Å². The molecule has 7 aromatic carbocycles. The first-order valence-electron chi connectivity index (χ1n) is 20.1. The molecular formula is C54H31N5O. The molecule has 1 atom stereocenters. The lowest BCUT2D eigenvalue weighted by Gasteiger charge is -2.39. The van der Waals surface area contributed by atoms with E-state index in [1.54, 1.807) is 0 Å². The van der Waals surface area contributed by atoms with Gasteiger partial charge in [-0.15, -0.1) is 0 Å². The number of benzene rings is 7. The summed E-state index contributed by atoms with van der Waals surface area (Å²) in [6.07, 6.45) is 3.82. The van der Waals surface area contributed by atoms with Gasteiger partial charge in [-0.05, 0) is 94.9 Å². The van der Waals surface area contributed by atoms with Gasteiger partial charge in [0.1, 0.15) is 11.5 Å². The quantitative estimate of drug-likeness (QED) is 0.168. The molecule has 1 aliphatic carbocycles. The molecule has 0 amide bonds. The summed E-state index contributed by atoms with van der Waals surface area (Å²) in [7, 11) is 0. The van der Waals surface area contributed by atoms with Crippen molar-refractivity contribution in [3.63, 3.8) is 0 Å². The molecule has 0 N–H and O–H groups in total. The second-order valence-electron chi connectivity index (χ2n) is 15.6. The Kier molecular flexibility index (Phi) is 6.62. The van der Waals surface area contributed by atoms with Crippen LogP contribution in [0.1, 0.15) is 22.3 Å². The molecule has 5 heterocycles. The Balaban J connectivity index is 1.04. The van der Waals surface area contributed by atoms with Crippen LogP contribution >= 0.6 is 0 Å². The molecule has 4 aromatic heterocycles. The van der Waals surface area contributed by atoms with Crippen LogP contribution in [0.4, 0.5) is 5.69 Å². The molecule has 11 aromatic rings. The maximum atomic E-state index is 7.72. The van der Waals surface area contributed by atoms with Crippen LogP contribution in [-0.2, 0) is 5.41 Å². The molecule has 0 radical (unpaired) electrons. The van der Waals surface area contributed by atoms with E-state index in [4.69, 9.17) is 21.3 Å². The summed E-state index contributed by atoms with van der Waals surface area (Å²) in [6, 6.07) is 62.0. The van der Waals surface area contributed by atoms with E-state index in [-0.39, 0.29) is 0 Å². The minimum absolute atomic E-state index is 0.617. The molecule has 1 unspecified atom stereocenters. The largest absolute Gasteiger partial charge is 0.457 e. The van der Waals surface area contributed by atoms with Crippen molar-refractivity contribution in [3.8, 4) is 45.4 Å². The minimum atomic E-state index is -0.756. The summed E-state index contributed by atoms with van der Waals surface area (Å²) >= 11 is 0. The van der Waals surface area contributed by atoms with E-state index in [1.165, 1.54) is 21.8 Å². The highest BCUT2D eigenvalue weighted by atomic mass is 16.5. The molecule has 60 heavy (non-hydrogen) atoms. The van der Waals surface area contributed by atoms with Crippen LogP contribution in [0.5, 0.6) is 11.5 Å². The molecular weight excluding hydrogens is 735 g/mol. The maximum absolute atomic E-state index is 7.72. The summed E-state index contributed by atoms with van der Waals surface area (Å²) in [6.45, 7) is 7.72. The lowest BCUT2D eigenvalue weighted by Crippen LogP contribution is -2.32. The SMILES string of the molecule is [C-]#[N+]c1ccc2c(c1)c1ccccc1n2-c1cnc2c(c1)C1(c3ccccc3Oc3cc(-c4ccc5c(c4)c4ccccc4n5-c4ccccc4)ccc31)c1cccnc1-2. The van der Waals surface area contributed by atoms with Crippen LogP contribution in [0.25, 0.3) is 82.3 Å². The van der Waals surface area contributed by atoms with E-state index in [9.17, 15) is 0 Å². The van der Waals surface area contributed by atoms with Crippen molar-refractivity contribution >= 4 is 49.3 Å². The Labute approximate surface area is 344 Å².